The minimum atomic E-state index is -0.648. The van der Waals surface area contributed by atoms with Crippen molar-refractivity contribution in [3.05, 3.63) is 113 Å². The summed E-state index contributed by atoms with van der Waals surface area (Å²) < 4.78 is 17.4. The van der Waals surface area contributed by atoms with Crippen molar-refractivity contribution in [1.82, 2.24) is 4.90 Å². The number of nitrogens with zero attached hydrogens (tertiary/aromatic N) is 1. The summed E-state index contributed by atoms with van der Waals surface area (Å²) in [6, 6.07) is 29.6. The highest BCUT2D eigenvalue weighted by Gasteiger charge is 2.35. The molecule has 1 amide bonds. The minimum absolute atomic E-state index is 0.0251. The molecule has 0 aliphatic carbocycles. The van der Waals surface area contributed by atoms with E-state index in [1.807, 2.05) is 82.3 Å². The van der Waals surface area contributed by atoms with Gasteiger partial charge in [-0.1, -0.05) is 72.8 Å². The summed E-state index contributed by atoms with van der Waals surface area (Å²) in [5.74, 6) is 0.380. The Kier molecular flexibility index (Phi) is 8.02. The maximum atomic E-state index is 13.7. The molecule has 4 aromatic rings. The Morgan fingerprint density at radius 2 is 1.66 bits per heavy atom. The number of methoxy groups -OCH3 is 1. The van der Waals surface area contributed by atoms with Crippen LogP contribution in [0.5, 0.6) is 5.75 Å². The molecule has 0 saturated heterocycles. The summed E-state index contributed by atoms with van der Waals surface area (Å²) in [6.07, 6.45) is -0.0605. The van der Waals surface area contributed by atoms with Gasteiger partial charge in [-0.2, -0.15) is 0 Å². The molecule has 3 atom stereocenters. The van der Waals surface area contributed by atoms with Crippen LogP contribution in [0.1, 0.15) is 73.1 Å². The van der Waals surface area contributed by atoms with E-state index in [2.05, 4.69) is 30.3 Å². The maximum Gasteiger partial charge on any atom is 0.410 e. The van der Waals surface area contributed by atoms with E-state index in [0.29, 0.717) is 18.5 Å². The molecule has 0 N–H and O–H groups in total. The number of carbonyl (C=O) groups excluding carboxylic acids is 2. The molecule has 1 heterocycles. The zero-order valence-corrected chi connectivity index (χ0v) is 24.3. The zero-order valence-electron chi connectivity index (χ0n) is 24.3. The first kappa shape index (κ1) is 28.2. The molecule has 1 aliphatic rings. The van der Waals surface area contributed by atoms with Crippen LogP contribution < -0.4 is 4.74 Å². The number of amides is 1. The number of hydrogen-bond donors (Lipinski definition) is 0. The van der Waals surface area contributed by atoms with Crippen molar-refractivity contribution in [3.8, 4) is 5.75 Å². The van der Waals surface area contributed by atoms with Crippen LogP contribution in [-0.2, 0) is 9.47 Å². The van der Waals surface area contributed by atoms with Gasteiger partial charge in [0.1, 0.15) is 17.5 Å². The highest BCUT2D eigenvalue weighted by Crippen LogP contribution is 2.41. The van der Waals surface area contributed by atoms with Gasteiger partial charge in [-0.3, -0.25) is 4.90 Å². The Morgan fingerprint density at radius 3 is 2.44 bits per heavy atom. The lowest BCUT2D eigenvalue weighted by molar-refractivity contribution is 0.00569. The van der Waals surface area contributed by atoms with Crippen LogP contribution in [0.4, 0.5) is 4.79 Å². The molecule has 0 fully saturated rings. The zero-order chi connectivity index (χ0) is 29.1. The van der Waals surface area contributed by atoms with E-state index in [0.717, 1.165) is 33.2 Å². The topological polar surface area (TPSA) is 65.1 Å². The predicted octanol–water partition coefficient (Wildman–Crippen LogP) is 7.91. The summed E-state index contributed by atoms with van der Waals surface area (Å²) in [6.45, 7) is 8.01. The fourth-order valence-corrected chi connectivity index (χ4v) is 5.63. The first-order valence-electron chi connectivity index (χ1n) is 14.1. The normalized spacial score (nSPS) is 17.2. The van der Waals surface area contributed by atoms with Crippen molar-refractivity contribution in [2.45, 2.75) is 57.8 Å². The molecule has 4 aromatic carbocycles. The average molecular weight is 552 g/mol. The Morgan fingerprint density at radius 1 is 0.951 bits per heavy atom. The van der Waals surface area contributed by atoms with Gasteiger partial charge >= 0.3 is 12.1 Å². The molecule has 0 saturated carbocycles. The van der Waals surface area contributed by atoms with Gasteiger partial charge < -0.3 is 14.2 Å². The molecule has 6 heteroatoms. The van der Waals surface area contributed by atoms with Crippen molar-refractivity contribution < 1.29 is 23.8 Å². The highest BCUT2D eigenvalue weighted by molar-refractivity contribution is 5.89. The number of rotatable bonds is 6. The standard InChI is InChI=1S/C35H37NO5/c1-23(28-18-11-13-24-12-6-7-16-29(24)28)36(34(38)41-35(2,3)4)22-27-21-31(30-17-8-9-19-32(30)40-27)25-14-10-15-26(20-25)33(37)39-5/h6-20,23,27,31H,21-22H2,1-5H3/t23-,27+,31?/m1/s1. The SMILES string of the molecule is COC(=O)c1cccc(C2C[C@@H](CN(C(=O)OC(C)(C)C)[C@H](C)c3cccc4ccccc34)Oc3ccccc32)c1. The third kappa shape index (κ3) is 6.22. The van der Waals surface area contributed by atoms with Crippen LogP contribution in [0.2, 0.25) is 0 Å². The second-order valence-electron chi connectivity index (χ2n) is 11.6. The number of para-hydroxylation sites is 1. The van der Waals surface area contributed by atoms with Gasteiger partial charge in [0.2, 0.25) is 0 Å². The van der Waals surface area contributed by atoms with Gasteiger partial charge in [0, 0.05) is 11.5 Å². The molecule has 1 unspecified atom stereocenters. The number of fused-ring (bicyclic) bond motifs is 2. The molecule has 212 valence electrons. The summed E-state index contributed by atoms with van der Waals surface area (Å²) in [4.78, 5) is 27.8. The van der Waals surface area contributed by atoms with Crippen molar-refractivity contribution >= 4 is 22.8 Å². The van der Waals surface area contributed by atoms with Gasteiger partial charge in [-0.25, -0.2) is 9.59 Å². The monoisotopic (exact) mass is 551 g/mol. The van der Waals surface area contributed by atoms with Crippen LogP contribution in [0.15, 0.2) is 91.0 Å². The smallest absolute Gasteiger partial charge is 0.410 e. The molecule has 41 heavy (non-hydrogen) atoms. The number of benzene rings is 4. The molecule has 0 radical (unpaired) electrons. The van der Waals surface area contributed by atoms with Gasteiger partial charge in [0.15, 0.2) is 0 Å². The van der Waals surface area contributed by atoms with Crippen molar-refractivity contribution in [2.75, 3.05) is 13.7 Å². The molecule has 0 spiro atoms. The van der Waals surface area contributed by atoms with Crippen LogP contribution in [0, 0.1) is 0 Å². The van der Waals surface area contributed by atoms with E-state index in [1.54, 1.807) is 11.0 Å². The third-order valence-corrected chi connectivity index (χ3v) is 7.57. The molecule has 6 nitrogen and oxygen atoms in total. The van der Waals surface area contributed by atoms with E-state index in [9.17, 15) is 9.59 Å². The first-order valence-corrected chi connectivity index (χ1v) is 14.1. The lowest BCUT2D eigenvalue weighted by Crippen LogP contribution is -2.45. The van der Waals surface area contributed by atoms with E-state index >= 15 is 0 Å². The van der Waals surface area contributed by atoms with E-state index in [4.69, 9.17) is 14.2 Å². The summed E-state index contributed by atoms with van der Waals surface area (Å²) in [7, 11) is 1.39. The molecule has 1 aliphatic heterocycles. The second-order valence-corrected chi connectivity index (χ2v) is 11.6. The molecular weight excluding hydrogens is 514 g/mol. The Labute approximate surface area is 241 Å². The largest absolute Gasteiger partial charge is 0.488 e. The van der Waals surface area contributed by atoms with Crippen molar-refractivity contribution in [1.29, 1.82) is 0 Å². The van der Waals surface area contributed by atoms with Crippen molar-refractivity contribution in [2.24, 2.45) is 0 Å². The number of ether oxygens (including phenoxy) is 3. The average Bonchev–Trinajstić information content (AvgIpc) is 2.97. The van der Waals surface area contributed by atoms with Gasteiger partial charge in [-0.15, -0.1) is 0 Å². The summed E-state index contributed by atoms with van der Waals surface area (Å²) in [5.41, 5.74) is 2.96. The lowest BCUT2D eigenvalue weighted by atomic mass is 9.83. The van der Waals surface area contributed by atoms with E-state index in [1.165, 1.54) is 7.11 Å². The fourth-order valence-electron chi connectivity index (χ4n) is 5.63. The maximum absolute atomic E-state index is 13.7. The minimum Gasteiger partial charge on any atom is -0.488 e. The van der Waals surface area contributed by atoms with E-state index < -0.39 is 5.60 Å². The van der Waals surface area contributed by atoms with Crippen LogP contribution in [-0.4, -0.2) is 42.3 Å². The fraction of sp³-hybridized carbons (Fsp3) is 0.314. The summed E-state index contributed by atoms with van der Waals surface area (Å²) >= 11 is 0. The van der Waals surface area contributed by atoms with Gasteiger partial charge in [0.05, 0.1) is 25.3 Å². The lowest BCUT2D eigenvalue weighted by Gasteiger charge is -2.38. The quantitative estimate of drug-likeness (QED) is 0.228. The number of carbonyl (C=O) groups is 2. The molecule has 0 bridgehead atoms. The molecular formula is C35H37NO5. The van der Waals surface area contributed by atoms with Crippen molar-refractivity contribution in [3.63, 3.8) is 0 Å². The number of hydrogen-bond acceptors (Lipinski definition) is 5. The Bertz CT molecular complexity index is 1550. The first-order chi connectivity index (χ1) is 19.6. The van der Waals surface area contributed by atoms with Gasteiger partial charge in [-0.05, 0) is 74.2 Å². The van der Waals surface area contributed by atoms with Gasteiger partial charge in [0.25, 0.3) is 0 Å². The van der Waals surface area contributed by atoms with Crippen LogP contribution in [0.3, 0.4) is 0 Å². The van der Waals surface area contributed by atoms with Crippen LogP contribution in [0.25, 0.3) is 10.8 Å². The number of esters is 1. The van der Waals surface area contributed by atoms with Crippen LogP contribution >= 0.6 is 0 Å². The Balaban J connectivity index is 1.50. The predicted molar refractivity (Wildman–Crippen MR) is 160 cm³/mol. The molecule has 5 rings (SSSR count). The highest BCUT2D eigenvalue weighted by atomic mass is 16.6. The van der Waals surface area contributed by atoms with E-state index in [-0.39, 0.29) is 30.1 Å². The second kappa shape index (κ2) is 11.7. The summed E-state index contributed by atoms with van der Waals surface area (Å²) in [5, 5.41) is 2.22. The Hall–Kier alpha value is -4.32. The molecule has 0 aromatic heterocycles. The third-order valence-electron chi connectivity index (χ3n) is 7.57.